The molecule has 2 aliphatic heterocycles. The maximum absolute atomic E-state index is 12.0. The molecule has 2 fully saturated rings. The molecule has 0 aromatic heterocycles. The van der Waals surface area contributed by atoms with Gasteiger partial charge in [-0.1, -0.05) is 0 Å². The minimum absolute atomic E-state index is 0.173. The highest BCUT2D eigenvalue weighted by Crippen LogP contribution is 2.15. The summed E-state index contributed by atoms with van der Waals surface area (Å²) in [6.07, 6.45) is 6.05. The first kappa shape index (κ1) is 11.7. The number of hydrogen-bond acceptors (Lipinski definition) is 2. The SMILES string of the molecule is CN(CC1CCCCO1)C(=O)N1CCCC1. The van der Waals surface area contributed by atoms with Crippen molar-refractivity contribution in [2.75, 3.05) is 33.3 Å². The highest BCUT2D eigenvalue weighted by atomic mass is 16.5. The molecule has 0 aliphatic carbocycles. The van der Waals surface area contributed by atoms with Gasteiger partial charge in [0.2, 0.25) is 0 Å². The van der Waals surface area contributed by atoms with Gasteiger partial charge in [0, 0.05) is 33.3 Å². The smallest absolute Gasteiger partial charge is 0.319 e. The van der Waals surface area contributed by atoms with Crippen LogP contribution in [0.2, 0.25) is 0 Å². The zero-order valence-electron chi connectivity index (χ0n) is 10.2. The van der Waals surface area contributed by atoms with Gasteiger partial charge in [-0.3, -0.25) is 0 Å². The topological polar surface area (TPSA) is 32.8 Å². The Hall–Kier alpha value is -0.770. The Kier molecular flexibility index (Phi) is 4.04. The molecule has 0 saturated carbocycles. The van der Waals surface area contributed by atoms with E-state index >= 15 is 0 Å². The van der Waals surface area contributed by atoms with Crippen molar-refractivity contribution < 1.29 is 9.53 Å². The van der Waals surface area contributed by atoms with Gasteiger partial charge in [0.15, 0.2) is 0 Å². The molecule has 2 rings (SSSR count). The van der Waals surface area contributed by atoms with Crippen LogP contribution in [0.1, 0.15) is 32.1 Å². The van der Waals surface area contributed by atoms with Crippen LogP contribution in [0.25, 0.3) is 0 Å². The number of hydrogen-bond donors (Lipinski definition) is 0. The van der Waals surface area contributed by atoms with Gasteiger partial charge in [-0.25, -0.2) is 4.79 Å². The number of amides is 2. The van der Waals surface area contributed by atoms with Gasteiger partial charge < -0.3 is 14.5 Å². The van der Waals surface area contributed by atoms with Crippen molar-refractivity contribution in [2.24, 2.45) is 0 Å². The molecular formula is C12H22N2O2. The van der Waals surface area contributed by atoms with E-state index in [0.717, 1.165) is 45.5 Å². The van der Waals surface area contributed by atoms with Gasteiger partial charge in [-0.15, -0.1) is 0 Å². The summed E-state index contributed by atoms with van der Waals surface area (Å²) >= 11 is 0. The molecule has 1 unspecified atom stereocenters. The predicted molar refractivity (Wildman–Crippen MR) is 62.4 cm³/mol. The molecule has 2 heterocycles. The van der Waals surface area contributed by atoms with E-state index in [-0.39, 0.29) is 12.1 Å². The largest absolute Gasteiger partial charge is 0.376 e. The van der Waals surface area contributed by atoms with Crippen LogP contribution in [0.5, 0.6) is 0 Å². The average molecular weight is 226 g/mol. The summed E-state index contributed by atoms with van der Waals surface area (Å²) in [5.41, 5.74) is 0. The molecule has 2 aliphatic rings. The summed E-state index contributed by atoms with van der Waals surface area (Å²) in [7, 11) is 1.89. The van der Waals surface area contributed by atoms with Crippen LogP contribution in [0.15, 0.2) is 0 Å². The zero-order valence-corrected chi connectivity index (χ0v) is 10.2. The van der Waals surface area contributed by atoms with Crippen molar-refractivity contribution in [2.45, 2.75) is 38.2 Å². The fraction of sp³-hybridized carbons (Fsp3) is 0.917. The van der Waals surface area contributed by atoms with Crippen LogP contribution in [0.4, 0.5) is 4.79 Å². The standard InChI is InChI=1S/C12H22N2O2/c1-13(10-11-6-2-5-9-16-11)12(15)14-7-3-4-8-14/h11H,2-10H2,1H3. The summed E-state index contributed by atoms with van der Waals surface area (Å²) in [6.45, 7) is 3.45. The molecule has 0 aromatic carbocycles. The highest BCUT2D eigenvalue weighted by Gasteiger charge is 2.24. The van der Waals surface area contributed by atoms with Crippen LogP contribution in [-0.2, 0) is 4.74 Å². The summed E-state index contributed by atoms with van der Waals surface area (Å²) in [5, 5.41) is 0. The van der Waals surface area contributed by atoms with Crippen LogP contribution in [0.3, 0.4) is 0 Å². The van der Waals surface area contributed by atoms with Crippen molar-refractivity contribution in [1.29, 1.82) is 0 Å². The molecule has 16 heavy (non-hydrogen) atoms. The highest BCUT2D eigenvalue weighted by molar-refractivity contribution is 5.74. The van der Waals surface area contributed by atoms with Gasteiger partial charge in [-0.2, -0.15) is 0 Å². The van der Waals surface area contributed by atoms with Crippen molar-refractivity contribution in [1.82, 2.24) is 9.80 Å². The Morgan fingerprint density at radius 2 is 2.06 bits per heavy atom. The van der Waals surface area contributed by atoms with Gasteiger partial charge in [0.05, 0.1) is 6.10 Å². The lowest BCUT2D eigenvalue weighted by Gasteiger charge is -2.30. The summed E-state index contributed by atoms with van der Waals surface area (Å²) in [5.74, 6) is 0. The van der Waals surface area contributed by atoms with E-state index in [1.165, 1.54) is 12.8 Å². The number of carbonyl (C=O) groups is 1. The van der Waals surface area contributed by atoms with Crippen LogP contribution < -0.4 is 0 Å². The number of likely N-dealkylation sites (N-methyl/N-ethyl adjacent to an activating group) is 1. The molecule has 0 spiro atoms. The second kappa shape index (κ2) is 5.53. The van der Waals surface area contributed by atoms with E-state index in [1.807, 2.05) is 16.8 Å². The third-order valence-electron chi connectivity index (χ3n) is 3.45. The Morgan fingerprint density at radius 3 is 2.69 bits per heavy atom. The Labute approximate surface area is 97.5 Å². The number of urea groups is 1. The third kappa shape index (κ3) is 2.88. The summed E-state index contributed by atoms with van der Waals surface area (Å²) < 4.78 is 5.65. The lowest BCUT2D eigenvalue weighted by molar-refractivity contribution is 0.00203. The van der Waals surface area contributed by atoms with Crippen LogP contribution >= 0.6 is 0 Å². The van der Waals surface area contributed by atoms with Crippen molar-refractivity contribution in [3.05, 3.63) is 0 Å². The molecule has 4 heteroatoms. The minimum atomic E-state index is 0.173. The fourth-order valence-electron chi connectivity index (χ4n) is 2.48. The van der Waals surface area contributed by atoms with Gasteiger partial charge in [0.1, 0.15) is 0 Å². The Bertz CT molecular complexity index is 233. The molecule has 0 bridgehead atoms. The monoisotopic (exact) mass is 226 g/mol. The molecule has 2 saturated heterocycles. The number of rotatable bonds is 2. The molecule has 2 amide bonds. The number of ether oxygens (including phenoxy) is 1. The zero-order chi connectivity index (χ0) is 11.4. The molecule has 1 atom stereocenters. The maximum Gasteiger partial charge on any atom is 0.319 e. The molecule has 0 radical (unpaired) electrons. The first-order valence-corrected chi connectivity index (χ1v) is 6.39. The molecular weight excluding hydrogens is 204 g/mol. The van der Waals surface area contributed by atoms with E-state index < -0.39 is 0 Å². The molecule has 0 aromatic rings. The Morgan fingerprint density at radius 1 is 1.31 bits per heavy atom. The second-order valence-electron chi connectivity index (χ2n) is 4.85. The molecule has 0 N–H and O–H groups in total. The molecule has 4 nitrogen and oxygen atoms in total. The first-order valence-electron chi connectivity index (χ1n) is 6.39. The van der Waals surface area contributed by atoms with Gasteiger partial charge >= 0.3 is 6.03 Å². The predicted octanol–water partition coefficient (Wildman–Crippen LogP) is 1.70. The second-order valence-corrected chi connectivity index (χ2v) is 4.85. The van der Waals surface area contributed by atoms with E-state index in [4.69, 9.17) is 4.74 Å². The van der Waals surface area contributed by atoms with Crippen molar-refractivity contribution >= 4 is 6.03 Å². The van der Waals surface area contributed by atoms with Gasteiger partial charge in [0.25, 0.3) is 0 Å². The fourth-order valence-corrected chi connectivity index (χ4v) is 2.48. The lowest BCUT2D eigenvalue weighted by Crippen LogP contribution is -2.43. The average Bonchev–Trinajstić information content (AvgIpc) is 2.83. The number of nitrogens with zero attached hydrogens (tertiary/aromatic N) is 2. The van der Waals surface area contributed by atoms with E-state index in [9.17, 15) is 4.79 Å². The quantitative estimate of drug-likeness (QED) is 0.718. The van der Waals surface area contributed by atoms with Gasteiger partial charge in [-0.05, 0) is 32.1 Å². The third-order valence-corrected chi connectivity index (χ3v) is 3.45. The van der Waals surface area contributed by atoms with Crippen LogP contribution in [-0.4, -0.2) is 55.2 Å². The first-order chi connectivity index (χ1) is 7.77. The molecule has 92 valence electrons. The van der Waals surface area contributed by atoms with E-state index in [2.05, 4.69) is 0 Å². The summed E-state index contributed by atoms with van der Waals surface area (Å²) in [6, 6.07) is 0.173. The van der Waals surface area contributed by atoms with Crippen molar-refractivity contribution in [3.8, 4) is 0 Å². The minimum Gasteiger partial charge on any atom is -0.376 e. The van der Waals surface area contributed by atoms with Crippen molar-refractivity contribution in [3.63, 3.8) is 0 Å². The number of likely N-dealkylation sites (tertiary alicyclic amines) is 1. The van der Waals surface area contributed by atoms with E-state index in [1.54, 1.807) is 0 Å². The number of carbonyl (C=O) groups excluding carboxylic acids is 1. The summed E-state index contributed by atoms with van der Waals surface area (Å²) in [4.78, 5) is 15.8. The maximum atomic E-state index is 12.0. The Balaban J connectivity index is 1.77. The lowest BCUT2D eigenvalue weighted by atomic mass is 10.1. The van der Waals surface area contributed by atoms with Crippen LogP contribution in [0, 0.1) is 0 Å². The normalized spacial score (nSPS) is 25.8. The van der Waals surface area contributed by atoms with E-state index in [0.29, 0.717) is 0 Å².